The van der Waals surface area contributed by atoms with Gasteiger partial charge in [0.25, 0.3) is 5.91 Å². The molecular formula is C27H27N3OS. The van der Waals surface area contributed by atoms with Crippen molar-refractivity contribution >= 4 is 34.4 Å². The fourth-order valence-electron chi connectivity index (χ4n) is 3.52. The van der Waals surface area contributed by atoms with Crippen LogP contribution < -0.4 is 5.43 Å². The molecule has 0 bridgehead atoms. The number of para-hydroxylation sites is 1. The molecule has 32 heavy (non-hydrogen) atoms. The molecule has 1 amide bonds. The van der Waals surface area contributed by atoms with Gasteiger partial charge >= 0.3 is 0 Å². The van der Waals surface area contributed by atoms with E-state index in [0.29, 0.717) is 5.56 Å². The van der Waals surface area contributed by atoms with Gasteiger partial charge in [0.2, 0.25) is 0 Å². The number of thiophene rings is 1. The molecule has 0 fully saturated rings. The maximum atomic E-state index is 13.0. The molecule has 0 unspecified atom stereocenters. The third-order valence-electron chi connectivity index (χ3n) is 5.40. The summed E-state index contributed by atoms with van der Waals surface area (Å²) in [6, 6.07) is 22.0. The van der Waals surface area contributed by atoms with Crippen molar-refractivity contribution in [2.24, 2.45) is 5.10 Å². The molecule has 0 radical (unpaired) electrons. The van der Waals surface area contributed by atoms with Gasteiger partial charge in [0.15, 0.2) is 0 Å². The quantitative estimate of drug-likeness (QED) is 0.281. The Morgan fingerprint density at radius 1 is 1.06 bits per heavy atom. The number of benzene rings is 2. The molecule has 0 atom stereocenters. The zero-order valence-corrected chi connectivity index (χ0v) is 19.7. The van der Waals surface area contributed by atoms with Crippen LogP contribution in [0.1, 0.15) is 53.4 Å². The summed E-state index contributed by atoms with van der Waals surface area (Å²) in [5, 5.41) is 4.98. The average Bonchev–Trinajstić information content (AvgIpc) is 3.26. The molecule has 2 aromatic carbocycles. The van der Waals surface area contributed by atoms with Crippen LogP contribution in [-0.4, -0.2) is 17.1 Å². The number of carbonyl (C=O) groups excluding carboxylic acids is 1. The highest BCUT2D eigenvalue weighted by Crippen LogP contribution is 2.28. The minimum atomic E-state index is -0.250. The van der Waals surface area contributed by atoms with Gasteiger partial charge in [-0.15, -0.1) is 11.3 Å². The number of nitrogens with one attached hydrogen (secondary N) is 1. The van der Waals surface area contributed by atoms with Gasteiger partial charge in [-0.25, -0.2) is 10.4 Å². The van der Waals surface area contributed by atoms with Crippen molar-refractivity contribution in [1.82, 2.24) is 10.4 Å². The number of fused-ring (bicyclic) bond motifs is 1. The lowest BCUT2D eigenvalue weighted by atomic mass is 9.86. The number of amides is 1. The third kappa shape index (κ3) is 4.78. The van der Waals surface area contributed by atoms with Crippen LogP contribution in [0.3, 0.4) is 0 Å². The highest BCUT2D eigenvalue weighted by Gasteiger charge is 2.16. The summed E-state index contributed by atoms with van der Waals surface area (Å²) in [6.45, 7) is 8.70. The molecule has 4 rings (SSSR count). The molecule has 2 heterocycles. The van der Waals surface area contributed by atoms with Crippen LogP contribution in [0.5, 0.6) is 0 Å². The number of hydrazone groups is 1. The van der Waals surface area contributed by atoms with Crippen LogP contribution >= 0.6 is 11.3 Å². The number of pyridine rings is 1. The molecule has 0 saturated heterocycles. The van der Waals surface area contributed by atoms with Crippen molar-refractivity contribution in [1.29, 1.82) is 0 Å². The van der Waals surface area contributed by atoms with Crippen LogP contribution in [-0.2, 0) is 11.8 Å². The molecular weight excluding hydrogens is 414 g/mol. The van der Waals surface area contributed by atoms with Crippen LogP contribution in [0.2, 0.25) is 0 Å². The van der Waals surface area contributed by atoms with E-state index in [-0.39, 0.29) is 11.3 Å². The predicted molar refractivity (Wildman–Crippen MR) is 135 cm³/mol. The SMILES string of the molecule is CCc1ccc(C=NNC(=O)c2cc(-c3ccc(C(C)(C)C)cc3)nc3ccccc23)s1. The van der Waals surface area contributed by atoms with Crippen LogP contribution in [0.4, 0.5) is 0 Å². The summed E-state index contributed by atoms with van der Waals surface area (Å²) in [6.07, 6.45) is 2.69. The topological polar surface area (TPSA) is 54.4 Å². The Hall–Kier alpha value is -3.31. The fourth-order valence-corrected chi connectivity index (χ4v) is 4.35. The van der Waals surface area contributed by atoms with E-state index in [1.807, 2.05) is 36.4 Å². The largest absolute Gasteiger partial charge is 0.272 e. The number of rotatable bonds is 5. The Bertz CT molecular complexity index is 1280. The van der Waals surface area contributed by atoms with E-state index in [0.717, 1.165) is 33.5 Å². The van der Waals surface area contributed by atoms with Gasteiger partial charge in [-0.05, 0) is 41.7 Å². The van der Waals surface area contributed by atoms with E-state index in [2.05, 4.69) is 68.6 Å². The summed E-state index contributed by atoms with van der Waals surface area (Å²) >= 11 is 1.67. The second kappa shape index (κ2) is 9.05. The van der Waals surface area contributed by atoms with Crippen molar-refractivity contribution in [3.05, 3.63) is 87.6 Å². The normalized spacial score (nSPS) is 11.9. The highest BCUT2D eigenvalue weighted by atomic mass is 32.1. The van der Waals surface area contributed by atoms with E-state index < -0.39 is 0 Å². The zero-order chi connectivity index (χ0) is 22.7. The first kappa shape index (κ1) is 21.9. The molecule has 0 aliphatic rings. The minimum absolute atomic E-state index is 0.0822. The first-order valence-electron chi connectivity index (χ1n) is 10.8. The van der Waals surface area contributed by atoms with Gasteiger partial charge in [-0.2, -0.15) is 5.10 Å². The number of hydrogen-bond acceptors (Lipinski definition) is 4. The molecule has 4 aromatic rings. The van der Waals surface area contributed by atoms with Crippen LogP contribution in [0.25, 0.3) is 22.2 Å². The number of carbonyl (C=O) groups is 1. The second-order valence-corrected chi connectivity index (χ2v) is 9.96. The Morgan fingerprint density at radius 2 is 1.81 bits per heavy atom. The molecule has 4 nitrogen and oxygen atoms in total. The second-order valence-electron chi connectivity index (χ2n) is 8.76. The number of aryl methyl sites for hydroxylation is 1. The number of aromatic nitrogens is 1. The van der Waals surface area contributed by atoms with E-state index in [1.54, 1.807) is 17.6 Å². The zero-order valence-electron chi connectivity index (χ0n) is 18.8. The molecule has 162 valence electrons. The average molecular weight is 442 g/mol. The van der Waals surface area contributed by atoms with E-state index in [1.165, 1.54) is 10.4 Å². The molecule has 1 N–H and O–H groups in total. The Balaban J connectivity index is 1.65. The van der Waals surface area contributed by atoms with Crippen LogP contribution in [0.15, 0.2) is 71.8 Å². The van der Waals surface area contributed by atoms with Crippen molar-refractivity contribution in [2.75, 3.05) is 0 Å². The Morgan fingerprint density at radius 3 is 2.50 bits per heavy atom. The molecule has 0 aliphatic carbocycles. The Labute approximate surface area is 193 Å². The monoisotopic (exact) mass is 441 g/mol. The van der Waals surface area contributed by atoms with Crippen LogP contribution in [0, 0.1) is 0 Å². The van der Waals surface area contributed by atoms with Crippen molar-refractivity contribution in [3.63, 3.8) is 0 Å². The van der Waals surface area contributed by atoms with Crippen molar-refractivity contribution in [3.8, 4) is 11.3 Å². The molecule has 0 spiro atoms. The highest BCUT2D eigenvalue weighted by molar-refractivity contribution is 7.13. The Kier molecular flexibility index (Phi) is 6.19. The van der Waals surface area contributed by atoms with E-state index >= 15 is 0 Å². The first-order chi connectivity index (χ1) is 15.3. The van der Waals surface area contributed by atoms with Gasteiger partial charge in [-0.1, -0.05) is 70.2 Å². The van der Waals surface area contributed by atoms with Gasteiger partial charge in [0.1, 0.15) is 0 Å². The number of hydrogen-bond donors (Lipinski definition) is 1. The molecule has 5 heteroatoms. The standard InChI is InChI=1S/C27H27N3OS/c1-5-20-14-15-21(32-20)17-28-30-26(31)23-16-25(29-24-9-7-6-8-22(23)24)18-10-12-19(13-11-18)27(2,3)4/h6-17H,5H2,1-4H3,(H,30,31). The van der Waals surface area contributed by atoms with Gasteiger partial charge < -0.3 is 0 Å². The predicted octanol–water partition coefficient (Wildman–Crippen LogP) is 6.59. The smallest absolute Gasteiger partial charge is 0.267 e. The van der Waals surface area contributed by atoms with Crippen molar-refractivity contribution in [2.45, 2.75) is 39.5 Å². The van der Waals surface area contributed by atoms with Gasteiger partial charge in [-0.3, -0.25) is 4.79 Å². The summed E-state index contributed by atoms with van der Waals surface area (Å²) in [5.74, 6) is -0.250. The lowest BCUT2D eigenvalue weighted by Gasteiger charge is -2.19. The maximum absolute atomic E-state index is 13.0. The fraction of sp³-hybridized carbons (Fsp3) is 0.222. The van der Waals surface area contributed by atoms with Gasteiger partial charge in [0.05, 0.1) is 23.0 Å². The number of nitrogens with zero attached hydrogens (tertiary/aromatic N) is 2. The maximum Gasteiger partial charge on any atom is 0.272 e. The van der Waals surface area contributed by atoms with Gasteiger partial charge in [0, 0.05) is 20.7 Å². The lowest BCUT2D eigenvalue weighted by molar-refractivity contribution is 0.0956. The summed E-state index contributed by atoms with van der Waals surface area (Å²) < 4.78 is 0. The first-order valence-corrected chi connectivity index (χ1v) is 11.6. The molecule has 2 aromatic heterocycles. The summed E-state index contributed by atoms with van der Waals surface area (Å²) in [7, 11) is 0. The summed E-state index contributed by atoms with van der Waals surface area (Å²) in [4.78, 5) is 20.1. The van der Waals surface area contributed by atoms with Crippen molar-refractivity contribution < 1.29 is 4.79 Å². The van der Waals surface area contributed by atoms with E-state index in [9.17, 15) is 4.79 Å². The molecule has 0 saturated carbocycles. The van der Waals surface area contributed by atoms with E-state index in [4.69, 9.17) is 4.98 Å². The summed E-state index contributed by atoms with van der Waals surface area (Å²) in [5.41, 5.74) is 7.11. The molecule has 0 aliphatic heterocycles. The third-order valence-corrected chi connectivity index (χ3v) is 6.56. The lowest BCUT2D eigenvalue weighted by Crippen LogP contribution is -2.18. The minimum Gasteiger partial charge on any atom is -0.267 e.